The summed E-state index contributed by atoms with van der Waals surface area (Å²) in [4.78, 5) is 0. The summed E-state index contributed by atoms with van der Waals surface area (Å²) >= 11 is 3.09. The van der Waals surface area contributed by atoms with Gasteiger partial charge in [-0.15, -0.1) is 0 Å². The third-order valence-electron chi connectivity index (χ3n) is 3.51. The Morgan fingerprint density at radius 1 is 1.39 bits per heavy atom. The van der Waals surface area contributed by atoms with Gasteiger partial charge in [-0.1, -0.05) is 19.8 Å². The van der Waals surface area contributed by atoms with Crippen LogP contribution in [-0.4, -0.2) is 6.04 Å². The highest BCUT2D eigenvalue weighted by Gasteiger charge is 2.24. The highest BCUT2D eigenvalue weighted by molar-refractivity contribution is 9.10. The molecule has 100 valence electrons. The summed E-state index contributed by atoms with van der Waals surface area (Å²) in [7, 11) is 0. The molecule has 0 spiro atoms. The van der Waals surface area contributed by atoms with Gasteiger partial charge in [0.05, 0.1) is 4.47 Å². The highest BCUT2D eigenvalue weighted by Crippen LogP contribution is 2.34. The fourth-order valence-electron chi connectivity index (χ4n) is 2.13. The molecule has 1 aromatic carbocycles. The molecule has 2 rings (SSSR count). The van der Waals surface area contributed by atoms with Crippen LogP contribution >= 0.6 is 15.9 Å². The molecule has 1 N–H and O–H groups in total. The lowest BCUT2D eigenvalue weighted by Crippen LogP contribution is -2.29. The number of rotatable bonds is 6. The summed E-state index contributed by atoms with van der Waals surface area (Å²) in [6, 6.07) is 3.05. The van der Waals surface area contributed by atoms with E-state index in [2.05, 4.69) is 28.2 Å². The zero-order chi connectivity index (χ0) is 13.1. The van der Waals surface area contributed by atoms with E-state index in [0.29, 0.717) is 10.5 Å². The molecule has 1 nitrogen and oxygen atoms in total. The first-order chi connectivity index (χ1) is 8.61. The Kier molecular flexibility index (Phi) is 4.73. The van der Waals surface area contributed by atoms with E-state index in [0.717, 1.165) is 18.8 Å². The normalized spacial score (nSPS) is 16.9. The average Bonchev–Trinajstić information content (AvgIpc) is 3.16. The third-order valence-corrected chi connectivity index (χ3v) is 4.13. The van der Waals surface area contributed by atoms with E-state index in [9.17, 15) is 8.78 Å². The maximum absolute atomic E-state index is 13.8. The largest absolute Gasteiger partial charge is 0.310 e. The number of hydrogen-bond donors (Lipinski definition) is 1. The van der Waals surface area contributed by atoms with Gasteiger partial charge in [0.15, 0.2) is 0 Å². The van der Waals surface area contributed by atoms with Crippen molar-refractivity contribution in [1.29, 1.82) is 0 Å². The molecule has 1 aliphatic rings. The SMILES string of the molecule is CCC(CC1CC1)NCc1c(F)ccc(Br)c1F. The molecule has 0 saturated heterocycles. The molecule has 1 aromatic rings. The molecule has 1 unspecified atom stereocenters. The molecule has 0 amide bonds. The molecule has 0 aliphatic heterocycles. The predicted molar refractivity (Wildman–Crippen MR) is 72.3 cm³/mol. The highest BCUT2D eigenvalue weighted by atomic mass is 79.9. The van der Waals surface area contributed by atoms with Crippen molar-refractivity contribution >= 4 is 15.9 Å². The summed E-state index contributed by atoms with van der Waals surface area (Å²) < 4.78 is 27.6. The van der Waals surface area contributed by atoms with Crippen LogP contribution in [0.1, 0.15) is 38.2 Å². The summed E-state index contributed by atoms with van der Waals surface area (Å²) in [5.74, 6) is -0.159. The van der Waals surface area contributed by atoms with Gasteiger partial charge >= 0.3 is 0 Å². The van der Waals surface area contributed by atoms with E-state index in [1.807, 2.05) is 0 Å². The monoisotopic (exact) mass is 317 g/mol. The molecule has 1 saturated carbocycles. The van der Waals surface area contributed by atoms with E-state index in [1.165, 1.54) is 25.0 Å². The van der Waals surface area contributed by atoms with Gasteiger partial charge in [-0.05, 0) is 46.8 Å². The van der Waals surface area contributed by atoms with Crippen LogP contribution in [-0.2, 0) is 6.54 Å². The molecule has 0 bridgehead atoms. The Balaban J connectivity index is 1.97. The van der Waals surface area contributed by atoms with Crippen LogP contribution in [0.2, 0.25) is 0 Å². The fourth-order valence-corrected chi connectivity index (χ4v) is 2.50. The van der Waals surface area contributed by atoms with Crippen LogP contribution in [0.4, 0.5) is 8.78 Å². The van der Waals surface area contributed by atoms with Crippen molar-refractivity contribution in [1.82, 2.24) is 5.32 Å². The maximum atomic E-state index is 13.8. The molecular weight excluding hydrogens is 300 g/mol. The second-order valence-electron chi connectivity index (χ2n) is 4.99. The molecular formula is C14H18BrF2N. The number of halogens is 3. The van der Waals surface area contributed by atoms with Crippen molar-refractivity contribution in [3.05, 3.63) is 33.8 Å². The average molecular weight is 318 g/mol. The first kappa shape index (κ1) is 13.9. The van der Waals surface area contributed by atoms with E-state index in [1.54, 1.807) is 0 Å². The molecule has 0 heterocycles. The van der Waals surface area contributed by atoms with E-state index < -0.39 is 11.6 Å². The van der Waals surface area contributed by atoms with Gasteiger partial charge in [0.1, 0.15) is 11.6 Å². The van der Waals surface area contributed by atoms with Gasteiger partial charge in [0.2, 0.25) is 0 Å². The van der Waals surface area contributed by atoms with Crippen LogP contribution in [0.15, 0.2) is 16.6 Å². The van der Waals surface area contributed by atoms with Gasteiger partial charge in [-0.25, -0.2) is 8.78 Å². The van der Waals surface area contributed by atoms with Crippen LogP contribution < -0.4 is 5.32 Å². The van der Waals surface area contributed by atoms with Crippen molar-refractivity contribution in [2.24, 2.45) is 5.92 Å². The minimum atomic E-state index is -0.497. The van der Waals surface area contributed by atoms with Crippen molar-refractivity contribution < 1.29 is 8.78 Å². The van der Waals surface area contributed by atoms with Crippen LogP contribution in [0.5, 0.6) is 0 Å². The molecule has 18 heavy (non-hydrogen) atoms. The second kappa shape index (κ2) is 6.11. The Labute approximate surface area is 115 Å². The Morgan fingerprint density at radius 2 is 2.11 bits per heavy atom. The van der Waals surface area contributed by atoms with Crippen LogP contribution in [0.3, 0.4) is 0 Å². The number of hydrogen-bond acceptors (Lipinski definition) is 1. The smallest absolute Gasteiger partial charge is 0.144 e. The molecule has 1 fully saturated rings. The van der Waals surface area contributed by atoms with Gasteiger partial charge in [0.25, 0.3) is 0 Å². The second-order valence-corrected chi connectivity index (χ2v) is 5.84. The topological polar surface area (TPSA) is 12.0 Å². The zero-order valence-electron chi connectivity index (χ0n) is 10.5. The van der Waals surface area contributed by atoms with E-state index in [-0.39, 0.29) is 12.1 Å². The predicted octanol–water partition coefficient (Wildman–Crippen LogP) is 4.40. The summed E-state index contributed by atoms with van der Waals surface area (Å²) in [5.41, 5.74) is 0.124. The summed E-state index contributed by atoms with van der Waals surface area (Å²) in [6.45, 7) is 2.36. The zero-order valence-corrected chi connectivity index (χ0v) is 12.1. The molecule has 1 atom stereocenters. The molecule has 4 heteroatoms. The van der Waals surface area contributed by atoms with Gasteiger partial charge in [-0.2, -0.15) is 0 Å². The first-order valence-electron chi connectivity index (χ1n) is 6.47. The summed E-state index contributed by atoms with van der Waals surface area (Å²) in [5, 5.41) is 3.27. The number of benzene rings is 1. The lowest BCUT2D eigenvalue weighted by atomic mass is 10.1. The van der Waals surface area contributed by atoms with Crippen LogP contribution in [0, 0.1) is 17.6 Å². The van der Waals surface area contributed by atoms with Crippen LogP contribution in [0.25, 0.3) is 0 Å². The Bertz CT molecular complexity index is 419. The molecule has 0 aromatic heterocycles. The molecule has 0 radical (unpaired) electrons. The standard InChI is InChI=1S/C14H18BrF2N/c1-2-10(7-9-3-4-9)18-8-11-13(16)6-5-12(15)14(11)17/h5-6,9-10,18H,2-4,7-8H2,1H3. The molecule has 1 aliphatic carbocycles. The quantitative estimate of drug-likeness (QED) is 0.767. The lowest BCUT2D eigenvalue weighted by Gasteiger charge is -2.17. The van der Waals surface area contributed by atoms with Crippen molar-refractivity contribution in [2.45, 2.75) is 45.2 Å². The van der Waals surface area contributed by atoms with Gasteiger partial charge in [0, 0.05) is 18.2 Å². The first-order valence-corrected chi connectivity index (χ1v) is 7.26. The van der Waals surface area contributed by atoms with Crippen molar-refractivity contribution in [3.8, 4) is 0 Å². The van der Waals surface area contributed by atoms with E-state index in [4.69, 9.17) is 0 Å². The fraction of sp³-hybridized carbons (Fsp3) is 0.571. The van der Waals surface area contributed by atoms with E-state index >= 15 is 0 Å². The van der Waals surface area contributed by atoms with Crippen molar-refractivity contribution in [2.75, 3.05) is 0 Å². The number of nitrogens with one attached hydrogen (secondary N) is 1. The Morgan fingerprint density at radius 3 is 2.72 bits per heavy atom. The van der Waals surface area contributed by atoms with Crippen molar-refractivity contribution in [3.63, 3.8) is 0 Å². The third kappa shape index (κ3) is 3.51. The van der Waals surface area contributed by atoms with Gasteiger partial charge < -0.3 is 5.32 Å². The Hall–Kier alpha value is -0.480. The van der Waals surface area contributed by atoms with Gasteiger partial charge in [-0.3, -0.25) is 0 Å². The minimum absolute atomic E-state index is 0.124. The minimum Gasteiger partial charge on any atom is -0.310 e. The lowest BCUT2D eigenvalue weighted by molar-refractivity contribution is 0.431. The maximum Gasteiger partial charge on any atom is 0.144 e. The summed E-state index contributed by atoms with van der Waals surface area (Å²) in [6.07, 6.45) is 4.72.